The summed E-state index contributed by atoms with van der Waals surface area (Å²) in [6.07, 6.45) is 4.60. The molecule has 0 spiro atoms. The third kappa shape index (κ3) is 1.31. The number of nitrogens with zero attached hydrogens (tertiary/aromatic N) is 6. The van der Waals surface area contributed by atoms with Crippen molar-refractivity contribution < 1.29 is 0 Å². The highest BCUT2D eigenvalue weighted by Gasteiger charge is 2.05. The van der Waals surface area contributed by atoms with E-state index in [4.69, 9.17) is 5.26 Å². The molecule has 0 aliphatic carbocycles. The largest absolute Gasteiger partial charge is 0.256 e. The van der Waals surface area contributed by atoms with Crippen molar-refractivity contribution in [1.29, 1.82) is 5.26 Å². The summed E-state index contributed by atoms with van der Waals surface area (Å²) in [4.78, 5) is 11.9. The maximum absolute atomic E-state index is 8.54. The van der Waals surface area contributed by atoms with Crippen molar-refractivity contribution in [3.05, 3.63) is 30.2 Å². The Morgan fingerprint density at radius 1 is 1.29 bits per heavy atom. The highest BCUT2D eigenvalue weighted by atomic mass is 15.4. The van der Waals surface area contributed by atoms with Crippen LogP contribution in [-0.2, 0) is 0 Å². The fourth-order valence-electron chi connectivity index (χ4n) is 1.04. The summed E-state index contributed by atoms with van der Waals surface area (Å²) in [5.74, 6) is 0.705. The molecule has 0 fully saturated rings. The van der Waals surface area contributed by atoms with Crippen molar-refractivity contribution in [3.8, 4) is 11.9 Å². The molecule has 0 unspecified atom stereocenters. The van der Waals surface area contributed by atoms with Gasteiger partial charge in [0.05, 0.1) is 5.69 Å². The van der Waals surface area contributed by atoms with E-state index in [1.165, 1.54) is 11.0 Å². The van der Waals surface area contributed by atoms with Crippen LogP contribution in [0, 0.1) is 18.3 Å². The van der Waals surface area contributed by atoms with E-state index in [-0.39, 0.29) is 5.82 Å². The Kier molecular flexibility index (Phi) is 1.91. The minimum absolute atomic E-state index is 0.120. The maximum atomic E-state index is 8.54. The van der Waals surface area contributed by atoms with Crippen molar-refractivity contribution >= 4 is 0 Å². The predicted molar refractivity (Wildman–Crippen MR) is 46.4 cm³/mol. The zero-order valence-electron chi connectivity index (χ0n) is 7.42. The van der Waals surface area contributed by atoms with Crippen LogP contribution in [0.3, 0.4) is 0 Å². The third-order valence-electron chi connectivity index (χ3n) is 1.66. The van der Waals surface area contributed by atoms with Crippen molar-refractivity contribution in [2.24, 2.45) is 0 Å². The first-order valence-corrected chi connectivity index (χ1v) is 3.91. The molecule has 68 valence electrons. The highest BCUT2D eigenvalue weighted by molar-refractivity contribution is 5.25. The van der Waals surface area contributed by atoms with E-state index in [2.05, 4.69) is 20.1 Å². The third-order valence-corrected chi connectivity index (χ3v) is 1.66. The lowest BCUT2D eigenvalue weighted by Gasteiger charge is -2.00. The van der Waals surface area contributed by atoms with E-state index in [1.807, 2.05) is 13.0 Å². The lowest BCUT2D eigenvalue weighted by Crippen LogP contribution is -2.02. The smallest absolute Gasteiger partial charge is 0.252 e. The summed E-state index contributed by atoms with van der Waals surface area (Å²) in [6.45, 7) is 1.82. The zero-order chi connectivity index (χ0) is 9.97. The van der Waals surface area contributed by atoms with Gasteiger partial charge in [0.15, 0.2) is 5.82 Å². The normalized spacial score (nSPS) is 9.71. The van der Waals surface area contributed by atoms with Gasteiger partial charge < -0.3 is 0 Å². The quantitative estimate of drug-likeness (QED) is 0.637. The summed E-state index contributed by atoms with van der Waals surface area (Å²) in [5, 5.41) is 12.4. The van der Waals surface area contributed by atoms with E-state index >= 15 is 0 Å². The minimum Gasteiger partial charge on any atom is -0.256 e. The molecule has 0 saturated carbocycles. The molecule has 0 radical (unpaired) electrons. The van der Waals surface area contributed by atoms with Gasteiger partial charge in [-0.05, 0) is 6.92 Å². The van der Waals surface area contributed by atoms with Gasteiger partial charge in [-0.15, -0.1) is 5.10 Å². The Bertz CT molecular complexity index is 495. The van der Waals surface area contributed by atoms with E-state index in [1.54, 1.807) is 12.4 Å². The van der Waals surface area contributed by atoms with Gasteiger partial charge in [0, 0.05) is 12.4 Å². The molecule has 0 atom stereocenters. The van der Waals surface area contributed by atoms with E-state index in [9.17, 15) is 0 Å². The van der Waals surface area contributed by atoms with E-state index in [0.29, 0.717) is 5.82 Å². The molecule has 0 aliphatic rings. The van der Waals surface area contributed by atoms with Gasteiger partial charge >= 0.3 is 0 Å². The molecule has 0 saturated heterocycles. The number of aromatic nitrogens is 5. The monoisotopic (exact) mass is 186 g/mol. The fourth-order valence-corrected chi connectivity index (χ4v) is 1.04. The van der Waals surface area contributed by atoms with Crippen LogP contribution in [0.25, 0.3) is 5.82 Å². The van der Waals surface area contributed by atoms with Crippen LogP contribution in [0.4, 0.5) is 0 Å². The molecule has 2 aromatic rings. The van der Waals surface area contributed by atoms with Gasteiger partial charge in [-0.25, -0.2) is 9.97 Å². The van der Waals surface area contributed by atoms with E-state index in [0.717, 1.165) is 5.69 Å². The second-order valence-corrected chi connectivity index (χ2v) is 2.59. The Balaban J connectivity index is 2.51. The number of hydrogen-bond donors (Lipinski definition) is 0. The summed E-state index contributed by atoms with van der Waals surface area (Å²) in [7, 11) is 0. The van der Waals surface area contributed by atoms with Gasteiger partial charge in [-0.1, -0.05) is 0 Å². The molecule has 0 N–H and O–H groups in total. The first-order valence-electron chi connectivity index (χ1n) is 3.91. The van der Waals surface area contributed by atoms with Crippen LogP contribution in [0.1, 0.15) is 11.5 Å². The highest BCUT2D eigenvalue weighted by Crippen LogP contribution is 2.04. The molecule has 0 bridgehead atoms. The molecule has 0 aliphatic heterocycles. The molecular formula is C8H6N6. The Labute approximate surface area is 79.9 Å². The number of hydrogen-bond acceptors (Lipinski definition) is 5. The Morgan fingerprint density at radius 2 is 2.07 bits per heavy atom. The summed E-state index contributed by atoms with van der Waals surface area (Å²) < 4.78 is 1.43. The molecular weight excluding hydrogens is 180 g/mol. The maximum Gasteiger partial charge on any atom is 0.252 e. The van der Waals surface area contributed by atoms with Gasteiger partial charge in [0.1, 0.15) is 12.4 Å². The number of rotatable bonds is 1. The Hall–Kier alpha value is -2.29. The average molecular weight is 186 g/mol. The molecule has 2 rings (SSSR count). The lowest BCUT2D eigenvalue weighted by atomic mass is 10.4. The minimum atomic E-state index is 0.120. The first-order chi connectivity index (χ1) is 6.81. The fraction of sp³-hybridized carbons (Fsp3) is 0.125. The molecule has 2 aromatic heterocycles. The number of aryl methyl sites for hydroxylation is 1. The predicted octanol–water partition coefficient (Wildman–Crippen LogP) is 0.237. The Morgan fingerprint density at radius 3 is 2.71 bits per heavy atom. The zero-order valence-corrected chi connectivity index (χ0v) is 7.42. The molecule has 6 nitrogen and oxygen atoms in total. The van der Waals surface area contributed by atoms with Gasteiger partial charge in [-0.2, -0.15) is 9.94 Å². The summed E-state index contributed by atoms with van der Waals surface area (Å²) in [5.41, 5.74) is 0.738. The standard InChI is InChI=1S/C8H6N6/c1-6-8(11-3-2-10-6)14-5-12-7(4-9)13-14/h2-3,5H,1H3. The summed E-state index contributed by atoms with van der Waals surface area (Å²) in [6, 6.07) is 1.85. The molecule has 6 heteroatoms. The van der Waals surface area contributed by atoms with Gasteiger partial charge in [-0.3, -0.25) is 4.98 Å². The molecule has 14 heavy (non-hydrogen) atoms. The number of nitriles is 1. The second kappa shape index (κ2) is 3.22. The molecule has 0 aromatic carbocycles. The van der Waals surface area contributed by atoms with Crippen LogP contribution < -0.4 is 0 Å². The van der Waals surface area contributed by atoms with Gasteiger partial charge in [0.25, 0.3) is 5.82 Å². The second-order valence-electron chi connectivity index (χ2n) is 2.59. The molecule has 0 amide bonds. The van der Waals surface area contributed by atoms with Crippen molar-refractivity contribution in [2.45, 2.75) is 6.92 Å². The van der Waals surface area contributed by atoms with Crippen molar-refractivity contribution in [3.63, 3.8) is 0 Å². The molecule has 2 heterocycles. The van der Waals surface area contributed by atoms with Crippen LogP contribution >= 0.6 is 0 Å². The van der Waals surface area contributed by atoms with Crippen LogP contribution in [0.5, 0.6) is 0 Å². The van der Waals surface area contributed by atoms with Crippen LogP contribution in [0.15, 0.2) is 18.7 Å². The van der Waals surface area contributed by atoms with Crippen molar-refractivity contribution in [2.75, 3.05) is 0 Å². The van der Waals surface area contributed by atoms with Crippen molar-refractivity contribution in [1.82, 2.24) is 24.7 Å². The topological polar surface area (TPSA) is 80.3 Å². The SMILES string of the molecule is Cc1nccnc1-n1cnc(C#N)n1. The summed E-state index contributed by atoms with van der Waals surface area (Å²) >= 11 is 0. The van der Waals surface area contributed by atoms with E-state index < -0.39 is 0 Å². The lowest BCUT2D eigenvalue weighted by molar-refractivity contribution is 0.818. The van der Waals surface area contributed by atoms with Crippen LogP contribution in [-0.4, -0.2) is 24.7 Å². The van der Waals surface area contributed by atoms with Crippen LogP contribution in [0.2, 0.25) is 0 Å². The average Bonchev–Trinajstić information content (AvgIpc) is 2.67. The van der Waals surface area contributed by atoms with Gasteiger partial charge in [0.2, 0.25) is 0 Å². The first kappa shape index (κ1) is 8.31.